The Morgan fingerprint density at radius 1 is 1.36 bits per heavy atom. The van der Waals surface area contributed by atoms with E-state index in [0.29, 0.717) is 24.2 Å². The summed E-state index contributed by atoms with van der Waals surface area (Å²) < 4.78 is 5.11. The number of anilines is 1. The molecule has 1 N–H and O–H groups in total. The molecule has 7 nitrogen and oxygen atoms in total. The Hall–Kier alpha value is -1.54. The summed E-state index contributed by atoms with van der Waals surface area (Å²) in [6, 6.07) is -0.0188. The summed E-state index contributed by atoms with van der Waals surface area (Å²) in [4.78, 5) is 26.3. The first-order chi connectivity index (χ1) is 12.1. The highest BCUT2D eigenvalue weighted by Gasteiger charge is 2.37. The van der Waals surface area contributed by atoms with Crippen LogP contribution in [0.25, 0.3) is 0 Å². The Balaban J connectivity index is 1.56. The number of amides is 2. The normalized spacial score (nSPS) is 23.0. The minimum absolute atomic E-state index is 0.00450. The molecule has 1 aliphatic heterocycles. The van der Waals surface area contributed by atoms with E-state index in [9.17, 15) is 9.59 Å². The first kappa shape index (κ1) is 18.3. The minimum atomic E-state index is -0.339. The molecule has 8 heteroatoms. The fourth-order valence-electron chi connectivity index (χ4n) is 3.67. The second kappa shape index (κ2) is 8.23. The molecule has 0 spiro atoms. The molecule has 3 rings (SSSR count). The summed E-state index contributed by atoms with van der Waals surface area (Å²) in [5.74, 6) is 0.000788. The maximum absolute atomic E-state index is 12.5. The van der Waals surface area contributed by atoms with Gasteiger partial charge in [0.15, 0.2) is 0 Å². The molecule has 1 aliphatic carbocycles. The highest BCUT2D eigenvalue weighted by Crippen LogP contribution is 2.35. The molecular formula is C17H26N4O3S. The van der Waals surface area contributed by atoms with Crippen LogP contribution in [0.3, 0.4) is 0 Å². The molecule has 25 heavy (non-hydrogen) atoms. The number of rotatable bonds is 6. The van der Waals surface area contributed by atoms with E-state index >= 15 is 0 Å². The molecule has 0 aromatic carbocycles. The van der Waals surface area contributed by atoms with Gasteiger partial charge >= 0.3 is 0 Å². The van der Waals surface area contributed by atoms with Crippen LogP contribution in [0.15, 0.2) is 0 Å². The molecule has 1 aromatic heterocycles. The van der Waals surface area contributed by atoms with Gasteiger partial charge < -0.3 is 15.0 Å². The second-order valence-electron chi connectivity index (χ2n) is 7.02. The number of carbonyl (C=O) groups is 2. The zero-order chi connectivity index (χ0) is 17.8. The summed E-state index contributed by atoms with van der Waals surface area (Å²) >= 11 is 1.47. The smallest absolute Gasteiger partial charge is 0.231 e. The lowest BCUT2D eigenvalue weighted by molar-refractivity contribution is -0.130. The van der Waals surface area contributed by atoms with Crippen molar-refractivity contribution in [2.75, 3.05) is 25.6 Å². The van der Waals surface area contributed by atoms with Gasteiger partial charge in [0.2, 0.25) is 16.9 Å². The predicted molar refractivity (Wildman–Crippen MR) is 95.5 cm³/mol. The Morgan fingerprint density at radius 2 is 2.12 bits per heavy atom. The van der Waals surface area contributed by atoms with Crippen molar-refractivity contribution in [1.29, 1.82) is 0 Å². The van der Waals surface area contributed by atoms with Gasteiger partial charge in [-0.3, -0.25) is 9.59 Å². The van der Waals surface area contributed by atoms with Crippen molar-refractivity contribution >= 4 is 28.3 Å². The van der Waals surface area contributed by atoms with Crippen LogP contribution in [-0.4, -0.2) is 53.2 Å². The van der Waals surface area contributed by atoms with E-state index < -0.39 is 0 Å². The third-order valence-corrected chi connectivity index (χ3v) is 6.10. The maximum Gasteiger partial charge on any atom is 0.231 e. The van der Waals surface area contributed by atoms with Crippen molar-refractivity contribution in [3.05, 3.63) is 5.01 Å². The van der Waals surface area contributed by atoms with Crippen LogP contribution in [0, 0.1) is 5.92 Å². The first-order valence-corrected chi connectivity index (χ1v) is 9.82. The van der Waals surface area contributed by atoms with Crippen molar-refractivity contribution in [1.82, 2.24) is 15.1 Å². The average molecular weight is 366 g/mol. The third-order valence-electron chi connectivity index (χ3n) is 5.09. The van der Waals surface area contributed by atoms with Crippen LogP contribution in [0.2, 0.25) is 0 Å². The van der Waals surface area contributed by atoms with Crippen LogP contribution in [0.4, 0.5) is 5.13 Å². The van der Waals surface area contributed by atoms with E-state index in [0.717, 1.165) is 17.8 Å². The molecule has 2 aliphatic rings. The Morgan fingerprint density at radius 3 is 2.84 bits per heavy atom. The number of hydrogen-bond acceptors (Lipinski definition) is 6. The van der Waals surface area contributed by atoms with Gasteiger partial charge in [-0.1, -0.05) is 30.6 Å². The van der Waals surface area contributed by atoms with Crippen molar-refractivity contribution in [2.45, 2.75) is 57.4 Å². The maximum atomic E-state index is 12.5. The quantitative estimate of drug-likeness (QED) is 0.836. The lowest BCUT2D eigenvalue weighted by Gasteiger charge is -2.23. The van der Waals surface area contributed by atoms with Crippen molar-refractivity contribution in [3.63, 3.8) is 0 Å². The molecule has 0 radical (unpaired) electrons. The topological polar surface area (TPSA) is 84.4 Å². The summed E-state index contributed by atoms with van der Waals surface area (Å²) in [5.41, 5.74) is 0. The summed E-state index contributed by atoms with van der Waals surface area (Å²) in [6.07, 6.45) is 6.34. The monoisotopic (exact) mass is 366 g/mol. The van der Waals surface area contributed by atoms with Crippen molar-refractivity contribution in [3.8, 4) is 0 Å². The Bertz CT molecular complexity index is 615. The van der Waals surface area contributed by atoms with Crippen molar-refractivity contribution < 1.29 is 14.3 Å². The lowest BCUT2D eigenvalue weighted by atomic mass is 9.90. The van der Waals surface area contributed by atoms with Crippen LogP contribution in [0.1, 0.15) is 56.4 Å². The number of likely N-dealkylation sites (tertiary alicyclic amines) is 1. The Labute approximate surface area is 152 Å². The van der Waals surface area contributed by atoms with E-state index in [1.165, 1.54) is 30.6 Å². The molecule has 2 atom stereocenters. The second-order valence-corrected chi connectivity index (χ2v) is 8.03. The molecule has 1 saturated heterocycles. The van der Waals surface area contributed by atoms with Gasteiger partial charge in [-0.2, -0.15) is 0 Å². The zero-order valence-electron chi connectivity index (χ0n) is 14.9. The van der Waals surface area contributed by atoms with Crippen LogP contribution in [0.5, 0.6) is 0 Å². The van der Waals surface area contributed by atoms with Gasteiger partial charge in [0.25, 0.3) is 0 Å². The van der Waals surface area contributed by atoms with Gasteiger partial charge in [0, 0.05) is 26.0 Å². The SMILES string of the molecule is COC[C@@H](C)N1C[C@H](C(=O)Nc2nnc(C3CCCCC3)s2)CC1=O. The molecule has 1 aromatic rings. The summed E-state index contributed by atoms with van der Waals surface area (Å²) in [5, 5.41) is 12.8. The molecule has 0 bridgehead atoms. The van der Waals surface area contributed by atoms with Gasteiger partial charge in [-0.05, 0) is 19.8 Å². The van der Waals surface area contributed by atoms with Gasteiger partial charge in [0.1, 0.15) is 5.01 Å². The number of hydrogen-bond donors (Lipinski definition) is 1. The van der Waals surface area contributed by atoms with E-state index in [1.54, 1.807) is 12.0 Å². The number of aromatic nitrogens is 2. The number of carbonyl (C=O) groups excluding carboxylic acids is 2. The van der Waals surface area contributed by atoms with Gasteiger partial charge in [-0.15, -0.1) is 10.2 Å². The average Bonchev–Trinajstić information content (AvgIpc) is 3.23. The molecule has 2 fully saturated rings. The largest absolute Gasteiger partial charge is 0.383 e. The fraction of sp³-hybridized carbons (Fsp3) is 0.765. The molecule has 2 heterocycles. The Kier molecular flexibility index (Phi) is 6.01. The van der Waals surface area contributed by atoms with Crippen LogP contribution in [-0.2, 0) is 14.3 Å². The van der Waals surface area contributed by atoms with E-state index in [2.05, 4.69) is 15.5 Å². The molecule has 1 saturated carbocycles. The standard InChI is InChI=1S/C17H26N4O3S/c1-11(10-24-2)21-9-13(8-14(21)22)15(23)18-17-20-19-16(25-17)12-6-4-3-5-7-12/h11-13H,3-10H2,1-2H3,(H,18,20,23)/t11-,13-/m1/s1. The number of ether oxygens (including phenoxy) is 1. The predicted octanol–water partition coefficient (Wildman–Crippen LogP) is 2.41. The summed E-state index contributed by atoms with van der Waals surface area (Å²) in [6.45, 7) is 2.84. The van der Waals surface area contributed by atoms with Crippen molar-refractivity contribution in [2.24, 2.45) is 5.92 Å². The fourth-order valence-corrected chi connectivity index (χ4v) is 4.59. The molecule has 138 valence electrons. The summed E-state index contributed by atoms with van der Waals surface area (Å²) in [7, 11) is 1.61. The molecule has 0 unspecified atom stereocenters. The van der Waals surface area contributed by atoms with Gasteiger partial charge in [-0.25, -0.2) is 0 Å². The molecule has 2 amide bonds. The highest BCUT2D eigenvalue weighted by molar-refractivity contribution is 7.15. The van der Waals surface area contributed by atoms with Crippen LogP contribution < -0.4 is 5.32 Å². The number of nitrogens with zero attached hydrogens (tertiary/aromatic N) is 3. The molecular weight excluding hydrogens is 340 g/mol. The minimum Gasteiger partial charge on any atom is -0.383 e. The lowest BCUT2D eigenvalue weighted by Crippen LogP contribution is -2.38. The van der Waals surface area contributed by atoms with Gasteiger partial charge in [0.05, 0.1) is 18.6 Å². The van der Waals surface area contributed by atoms with E-state index in [-0.39, 0.29) is 30.2 Å². The van der Waals surface area contributed by atoms with E-state index in [4.69, 9.17) is 4.74 Å². The van der Waals surface area contributed by atoms with Crippen LogP contribution >= 0.6 is 11.3 Å². The van der Waals surface area contributed by atoms with E-state index in [1.807, 2.05) is 6.92 Å². The first-order valence-electron chi connectivity index (χ1n) is 9.01. The zero-order valence-corrected chi connectivity index (χ0v) is 15.7. The third kappa shape index (κ3) is 4.36. The highest BCUT2D eigenvalue weighted by atomic mass is 32.1. The number of methoxy groups -OCH3 is 1. The number of nitrogens with one attached hydrogen (secondary N) is 1.